The molecule has 68 valence electrons. The lowest BCUT2D eigenvalue weighted by Gasteiger charge is -2.13. The summed E-state index contributed by atoms with van der Waals surface area (Å²) in [5, 5.41) is 7.84. The van der Waals surface area contributed by atoms with E-state index in [0.717, 1.165) is 12.2 Å². The molecule has 0 aliphatic heterocycles. The summed E-state index contributed by atoms with van der Waals surface area (Å²) in [5.41, 5.74) is 5.85. The summed E-state index contributed by atoms with van der Waals surface area (Å²) >= 11 is 0. The van der Waals surface area contributed by atoms with Crippen LogP contribution in [0.5, 0.6) is 0 Å². The van der Waals surface area contributed by atoms with E-state index in [1.165, 1.54) is 0 Å². The van der Waals surface area contributed by atoms with Crippen molar-refractivity contribution in [2.45, 2.75) is 39.3 Å². The first kappa shape index (κ1) is 9.19. The molecule has 0 unspecified atom stereocenters. The average molecular weight is 168 g/mol. The van der Waals surface area contributed by atoms with Crippen LogP contribution in [0.15, 0.2) is 6.33 Å². The van der Waals surface area contributed by atoms with E-state index in [9.17, 15) is 0 Å². The van der Waals surface area contributed by atoms with Crippen LogP contribution >= 0.6 is 0 Å². The van der Waals surface area contributed by atoms with Crippen LogP contribution in [0.4, 0.5) is 0 Å². The molecule has 1 atom stereocenters. The molecule has 0 aromatic carbocycles. The molecule has 0 aliphatic rings. The smallest absolute Gasteiger partial charge is 0.149 e. The molecule has 1 heterocycles. The van der Waals surface area contributed by atoms with E-state index >= 15 is 0 Å². The molecule has 2 N–H and O–H groups in total. The van der Waals surface area contributed by atoms with Crippen LogP contribution < -0.4 is 5.73 Å². The average Bonchev–Trinajstić information content (AvgIpc) is 2.50. The molecule has 0 radical (unpaired) electrons. The molecule has 1 aromatic rings. The lowest BCUT2D eigenvalue weighted by molar-refractivity contribution is 0.523. The minimum absolute atomic E-state index is 0.00917. The quantitative estimate of drug-likeness (QED) is 0.739. The fourth-order valence-electron chi connectivity index (χ4n) is 1.10. The van der Waals surface area contributed by atoms with Crippen LogP contribution in [-0.4, -0.2) is 14.8 Å². The SMILES string of the molecule is CC[C@H](N)c1nncn1C(C)C. The molecule has 1 aromatic heterocycles. The maximum absolute atomic E-state index is 5.85. The summed E-state index contributed by atoms with van der Waals surface area (Å²) in [6, 6.07) is 0.391. The fraction of sp³-hybridized carbons (Fsp3) is 0.750. The van der Waals surface area contributed by atoms with Gasteiger partial charge in [-0.1, -0.05) is 6.92 Å². The van der Waals surface area contributed by atoms with Gasteiger partial charge >= 0.3 is 0 Å². The van der Waals surface area contributed by atoms with Crippen molar-refractivity contribution in [3.63, 3.8) is 0 Å². The second-order valence-electron chi connectivity index (χ2n) is 3.20. The van der Waals surface area contributed by atoms with E-state index in [1.54, 1.807) is 6.33 Å². The van der Waals surface area contributed by atoms with Gasteiger partial charge in [-0.25, -0.2) is 0 Å². The highest BCUT2D eigenvalue weighted by molar-refractivity contribution is 4.94. The highest BCUT2D eigenvalue weighted by atomic mass is 15.3. The third kappa shape index (κ3) is 1.64. The van der Waals surface area contributed by atoms with Crippen molar-refractivity contribution < 1.29 is 0 Å². The second-order valence-corrected chi connectivity index (χ2v) is 3.20. The first-order valence-electron chi connectivity index (χ1n) is 4.31. The molecule has 0 spiro atoms. The lowest BCUT2D eigenvalue weighted by Crippen LogP contribution is -2.16. The van der Waals surface area contributed by atoms with Crippen LogP contribution in [0.25, 0.3) is 0 Å². The number of hydrogen-bond donors (Lipinski definition) is 1. The van der Waals surface area contributed by atoms with Crippen molar-refractivity contribution in [1.29, 1.82) is 0 Å². The highest BCUT2D eigenvalue weighted by Gasteiger charge is 2.12. The minimum atomic E-state index is 0.00917. The topological polar surface area (TPSA) is 56.7 Å². The summed E-state index contributed by atoms with van der Waals surface area (Å²) in [6.07, 6.45) is 2.63. The molecule has 0 saturated heterocycles. The van der Waals surface area contributed by atoms with Gasteiger partial charge in [-0.05, 0) is 20.3 Å². The Morgan fingerprint density at radius 1 is 1.58 bits per heavy atom. The Morgan fingerprint density at radius 2 is 2.25 bits per heavy atom. The summed E-state index contributed by atoms with van der Waals surface area (Å²) in [5.74, 6) is 0.882. The van der Waals surface area contributed by atoms with E-state index in [4.69, 9.17) is 5.73 Å². The molecule has 0 fully saturated rings. The van der Waals surface area contributed by atoms with Crippen molar-refractivity contribution in [3.05, 3.63) is 12.2 Å². The van der Waals surface area contributed by atoms with Gasteiger partial charge in [0.25, 0.3) is 0 Å². The molecule has 0 bridgehead atoms. The standard InChI is InChI=1S/C8H16N4/c1-4-7(9)8-11-10-5-12(8)6(2)3/h5-7H,4,9H2,1-3H3/t7-/m0/s1. The molecule has 4 nitrogen and oxygen atoms in total. The number of hydrogen-bond acceptors (Lipinski definition) is 3. The zero-order chi connectivity index (χ0) is 9.14. The monoisotopic (exact) mass is 168 g/mol. The van der Waals surface area contributed by atoms with Gasteiger partial charge in [-0.2, -0.15) is 0 Å². The first-order valence-corrected chi connectivity index (χ1v) is 4.31. The molecular formula is C8H16N4. The molecule has 0 amide bonds. The van der Waals surface area contributed by atoms with Gasteiger partial charge < -0.3 is 10.3 Å². The van der Waals surface area contributed by atoms with Crippen molar-refractivity contribution in [2.24, 2.45) is 5.73 Å². The highest BCUT2D eigenvalue weighted by Crippen LogP contribution is 2.14. The molecule has 0 aliphatic carbocycles. The number of rotatable bonds is 3. The van der Waals surface area contributed by atoms with Crippen LogP contribution in [0.3, 0.4) is 0 Å². The van der Waals surface area contributed by atoms with Gasteiger partial charge in [-0.15, -0.1) is 10.2 Å². The molecule has 4 heteroatoms. The number of aromatic nitrogens is 3. The third-order valence-electron chi connectivity index (χ3n) is 1.93. The Morgan fingerprint density at radius 3 is 2.75 bits per heavy atom. The van der Waals surface area contributed by atoms with Crippen molar-refractivity contribution in [1.82, 2.24) is 14.8 Å². The Hall–Kier alpha value is -0.900. The van der Waals surface area contributed by atoms with E-state index < -0.39 is 0 Å². The van der Waals surface area contributed by atoms with Crippen LogP contribution in [0, 0.1) is 0 Å². The maximum atomic E-state index is 5.85. The Balaban J connectivity index is 2.91. The van der Waals surface area contributed by atoms with Gasteiger partial charge in [0.2, 0.25) is 0 Å². The Labute approximate surface area is 72.8 Å². The zero-order valence-corrected chi connectivity index (χ0v) is 7.86. The number of nitrogens with zero attached hydrogens (tertiary/aromatic N) is 3. The fourth-order valence-corrected chi connectivity index (χ4v) is 1.10. The maximum Gasteiger partial charge on any atom is 0.149 e. The van der Waals surface area contributed by atoms with E-state index in [1.807, 2.05) is 11.5 Å². The van der Waals surface area contributed by atoms with Gasteiger partial charge in [0.1, 0.15) is 12.2 Å². The molecule has 0 saturated carbocycles. The van der Waals surface area contributed by atoms with Gasteiger partial charge in [0.15, 0.2) is 0 Å². The summed E-state index contributed by atoms with van der Waals surface area (Å²) < 4.78 is 2.01. The first-order chi connectivity index (χ1) is 5.66. The number of nitrogens with two attached hydrogens (primary N) is 1. The van der Waals surface area contributed by atoms with Gasteiger partial charge in [0.05, 0.1) is 6.04 Å². The normalized spacial score (nSPS) is 13.8. The van der Waals surface area contributed by atoms with E-state index in [0.29, 0.717) is 6.04 Å². The van der Waals surface area contributed by atoms with Crippen LogP contribution in [-0.2, 0) is 0 Å². The summed E-state index contributed by atoms with van der Waals surface area (Å²) in [6.45, 7) is 6.23. The predicted octanol–water partition coefficient (Wildman–Crippen LogP) is 1.27. The van der Waals surface area contributed by atoms with Crippen molar-refractivity contribution in [2.75, 3.05) is 0 Å². The predicted molar refractivity (Wildman–Crippen MR) is 47.6 cm³/mol. The minimum Gasteiger partial charge on any atom is -0.321 e. The largest absolute Gasteiger partial charge is 0.321 e. The molecule has 12 heavy (non-hydrogen) atoms. The van der Waals surface area contributed by atoms with Gasteiger partial charge in [-0.3, -0.25) is 0 Å². The Bertz CT molecular complexity index is 241. The zero-order valence-electron chi connectivity index (χ0n) is 7.86. The summed E-state index contributed by atoms with van der Waals surface area (Å²) in [4.78, 5) is 0. The van der Waals surface area contributed by atoms with Crippen molar-refractivity contribution >= 4 is 0 Å². The van der Waals surface area contributed by atoms with E-state index in [-0.39, 0.29) is 6.04 Å². The Kier molecular flexibility index (Phi) is 2.81. The molecular weight excluding hydrogens is 152 g/mol. The lowest BCUT2D eigenvalue weighted by atomic mass is 10.2. The van der Waals surface area contributed by atoms with Crippen LogP contribution in [0.1, 0.15) is 45.1 Å². The van der Waals surface area contributed by atoms with Crippen LogP contribution in [0.2, 0.25) is 0 Å². The van der Waals surface area contributed by atoms with Crippen molar-refractivity contribution in [3.8, 4) is 0 Å². The molecule has 1 rings (SSSR count). The second kappa shape index (κ2) is 3.67. The van der Waals surface area contributed by atoms with E-state index in [2.05, 4.69) is 24.0 Å². The van der Waals surface area contributed by atoms with Gasteiger partial charge in [0, 0.05) is 6.04 Å². The third-order valence-corrected chi connectivity index (χ3v) is 1.93. The summed E-state index contributed by atoms with van der Waals surface area (Å²) in [7, 11) is 0.